The van der Waals surface area contributed by atoms with Crippen LogP contribution in [0.5, 0.6) is 0 Å². The van der Waals surface area contributed by atoms with E-state index in [4.69, 9.17) is 5.26 Å². The Hall–Kier alpha value is -1.37. The van der Waals surface area contributed by atoms with E-state index in [1.807, 2.05) is 6.07 Å². The Morgan fingerprint density at radius 3 is 2.05 bits per heavy atom. The Morgan fingerprint density at radius 2 is 1.55 bits per heavy atom. The normalized spacial score (nSPS) is 11.7. The molecule has 0 heterocycles. The topological polar surface area (TPSA) is 67.2 Å². The molecule has 0 aliphatic heterocycles. The van der Waals surface area contributed by atoms with Crippen molar-refractivity contribution in [3.05, 3.63) is 0 Å². The molecule has 1 atom stereocenters. The first-order chi connectivity index (χ1) is 9.67. The molecule has 0 saturated carbocycles. The Morgan fingerprint density at radius 1 is 1.00 bits per heavy atom. The molecular weight excluding hydrogens is 254 g/mol. The number of carbonyl (C=O) groups is 2. The molecule has 114 valence electrons. The Balaban J connectivity index is 3.73. The monoisotopic (exact) mass is 281 g/mol. The third-order valence-electron chi connectivity index (χ3n) is 3.30. The van der Waals surface area contributed by atoms with Crippen molar-refractivity contribution in [3.8, 4) is 6.07 Å². The maximum atomic E-state index is 11.6. The van der Waals surface area contributed by atoms with Gasteiger partial charge in [-0.2, -0.15) is 5.26 Å². The van der Waals surface area contributed by atoms with Crippen LogP contribution in [-0.2, 0) is 14.3 Å². The maximum Gasteiger partial charge on any atom is 0.376 e. The lowest BCUT2D eigenvalue weighted by Gasteiger charge is -2.07. The van der Waals surface area contributed by atoms with Gasteiger partial charge >= 0.3 is 5.97 Å². The molecule has 0 aromatic rings. The maximum absolute atomic E-state index is 11.6. The molecule has 0 rings (SSSR count). The fraction of sp³-hybridized carbons (Fsp3) is 0.812. The zero-order valence-corrected chi connectivity index (χ0v) is 12.8. The second-order valence-electron chi connectivity index (χ2n) is 5.03. The van der Waals surface area contributed by atoms with Gasteiger partial charge in [0.2, 0.25) is 0 Å². The number of ketones is 1. The summed E-state index contributed by atoms with van der Waals surface area (Å²) >= 11 is 0. The molecule has 1 unspecified atom stereocenters. The third-order valence-corrected chi connectivity index (χ3v) is 3.30. The predicted octanol–water partition coefficient (Wildman–Crippen LogP) is 3.79. The first-order valence-electron chi connectivity index (χ1n) is 7.77. The highest BCUT2D eigenvalue weighted by atomic mass is 16.5. The van der Waals surface area contributed by atoms with Crippen molar-refractivity contribution in [3.63, 3.8) is 0 Å². The van der Waals surface area contributed by atoms with Gasteiger partial charge in [0.25, 0.3) is 5.78 Å². The standard InChI is InChI=1S/C16H27NO3/c1-3-5-6-7-8-9-10-11-12-14(13-17)15(18)16(19)20-4-2/h14H,3-12H2,1-2H3. The van der Waals surface area contributed by atoms with Crippen LogP contribution in [0, 0.1) is 17.2 Å². The van der Waals surface area contributed by atoms with Crippen molar-refractivity contribution >= 4 is 11.8 Å². The molecule has 0 saturated heterocycles. The Kier molecular flexibility index (Phi) is 11.8. The zero-order chi connectivity index (χ0) is 15.2. The van der Waals surface area contributed by atoms with Gasteiger partial charge in [0.1, 0.15) is 5.92 Å². The summed E-state index contributed by atoms with van der Waals surface area (Å²) in [4.78, 5) is 22.9. The molecule has 0 aromatic carbocycles. The van der Waals surface area contributed by atoms with E-state index in [9.17, 15) is 9.59 Å². The molecular formula is C16H27NO3. The molecule has 0 aliphatic rings. The summed E-state index contributed by atoms with van der Waals surface area (Å²) in [6.45, 7) is 4.01. The Labute approximate surface area is 122 Å². The van der Waals surface area contributed by atoms with E-state index in [0.29, 0.717) is 6.42 Å². The van der Waals surface area contributed by atoms with Crippen molar-refractivity contribution in [1.82, 2.24) is 0 Å². The van der Waals surface area contributed by atoms with Gasteiger partial charge in [-0.25, -0.2) is 4.79 Å². The molecule has 0 aliphatic carbocycles. The van der Waals surface area contributed by atoms with Crippen molar-refractivity contribution in [2.45, 2.75) is 71.6 Å². The number of hydrogen-bond donors (Lipinski definition) is 0. The highest BCUT2D eigenvalue weighted by Gasteiger charge is 2.25. The molecule has 4 nitrogen and oxygen atoms in total. The minimum Gasteiger partial charge on any atom is -0.460 e. The molecule has 0 bridgehead atoms. The molecule has 0 radical (unpaired) electrons. The van der Waals surface area contributed by atoms with Crippen LogP contribution in [0.2, 0.25) is 0 Å². The highest BCUT2D eigenvalue weighted by molar-refractivity contribution is 6.35. The van der Waals surface area contributed by atoms with Gasteiger partial charge in [-0.05, 0) is 13.3 Å². The fourth-order valence-corrected chi connectivity index (χ4v) is 2.08. The second kappa shape index (κ2) is 12.7. The number of Topliss-reactive ketones (excluding diaryl/α,β-unsaturated/α-hetero) is 1. The van der Waals surface area contributed by atoms with Crippen LogP contribution in [0.1, 0.15) is 71.6 Å². The van der Waals surface area contributed by atoms with E-state index in [-0.39, 0.29) is 6.61 Å². The first kappa shape index (κ1) is 18.6. The van der Waals surface area contributed by atoms with Crippen LogP contribution in [0.25, 0.3) is 0 Å². The minimum absolute atomic E-state index is 0.167. The van der Waals surface area contributed by atoms with E-state index >= 15 is 0 Å². The van der Waals surface area contributed by atoms with Crippen molar-refractivity contribution in [2.24, 2.45) is 5.92 Å². The lowest BCUT2D eigenvalue weighted by Crippen LogP contribution is -2.25. The smallest absolute Gasteiger partial charge is 0.376 e. The molecule has 0 aromatic heterocycles. The summed E-state index contributed by atoms with van der Waals surface area (Å²) in [7, 11) is 0. The fourth-order valence-electron chi connectivity index (χ4n) is 2.08. The number of esters is 1. The van der Waals surface area contributed by atoms with Gasteiger partial charge in [-0.1, -0.05) is 58.3 Å². The van der Waals surface area contributed by atoms with Crippen molar-refractivity contribution in [2.75, 3.05) is 6.61 Å². The molecule has 0 N–H and O–H groups in total. The summed E-state index contributed by atoms with van der Waals surface area (Å²) in [5.74, 6) is -2.41. The van der Waals surface area contributed by atoms with E-state index in [2.05, 4.69) is 11.7 Å². The van der Waals surface area contributed by atoms with Crippen LogP contribution in [-0.4, -0.2) is 18.4 Å². The predicted molar refractivity (Wildman–Crippen MR) is 78.0 cm³/mol. The minimum atomic E-state index is -0.876. The van der Waals surface area contributed by atoms with E-state index in [0.717, 1.165) is 19.3 Å². The van der Waals surface area contributed by atoms with E-state index < -0.39 is 17.7 Å². The van der Waals surface area contributed by atoms with Crippen LogP contribution >= 0.6 is 0 Å². The average molecular weight is 281 g/mol. The van der Waals surface area contributed by atoms with E-state index in [1.54, 1.807) is 6.92 Å². The summed E-state index contributed by atoms with van der Waals surface area (Å²) in [5.41, 5.74) is 0. The van der Waals surface area contributed by atoms with Crippen LogP contribution < -0.4 is 0 Å². The van der Waals surface area contributed by atoms with Gasteiger partial charge < -0.3 is 4.74 Å². The third kappa shape index (κ3) is 8.68. The number of carbonyl (C=O) groups excluding carboxylic acids is 2. The second-order valence-corrected chi connectivity index (χ2v) is 5.03. The number of ether oxygens (including phenoxy) is 1. The number of nitrogens with zero attached hydrogens (tertiary/aromatic N) is 1. The van der Waals surface area contributed by atoms with E-state index in [1.165, 1.54) is 32.1 Å². The van der Waals surface area contributed by atoms with Gasteiger partial charge in [0.15, 0.2) is 0 Å². The molecule has 0 spiro atoms. The van der Waals surface area contributed by atoms with Gasteiger partial charge in [0.05, 0.1) is 12.7 Å². The van der Waals surface area contributed by atoms with Gasteiger partial charge in [0, 0.05) is 0 Å². The molecule has 20 heavy (non-hydrogen) atoms. The van der Waals surface area contributed by atoms with Crippen LogP contribution in [0.4, 0.5) is 0 Å². The molecule has 0 fully saturated rings. The van der Waals surface area contributed by atoms with Crippen LogP contribution in [0.3, 0.4) is 0 Å². The molecule has 4 heteroatoms. The lowest BCUT2D eigenvalue weighted by atomic mass is 9.97. The molecule has 0 amide bonds. The highest BCUT2D eigenvalue weighted by Crippen LogP contribution is 2.14. The van der Waals surface area contributed by atoms with Crippen molar-refractivity contribution < 1.29 is 14.3 Å². The number of nitriles is 1. The van der Waals surface area contributed by atoms with Gasteiger partial charge in [-0.3, -0.25) is 4.79 Å². The van der Waals surface area contributed by atoms with Crippen molar-refractivity contribution in [1.29, 1.82) is 5.26 Å². The first-order valence-corrected chi connectivity index (χ1v) is 7.77. The largest absolute Gasteiger partial charge is 0.460 e. The SMILES string of the molecule is CCCCCCCCCCC(C#N)C(=O)C(=O)OCC. The Bertz CT molecular complexity index is 320. The number of unbranched alkanes of at least 4 members (excludes halogenated alkanes) is 7. The summed E-state index contributed by atoms with van der Waals surface area (Å²) in [6.07, 6.45) is 9.74. The average Bonchev–Trinajstić information content (AvgIpc) is 2.45. The zero-order valence-electron chi connectivity index (χ0n) is 12.8. The van der Waals surface area contributed by atoms with Crippen LogP contribution in [0.15, 0.2) is 0 Å². The summed E-state index contributed by atoms with van der Waals surface area (Å²) in [6, 6.07) is 1.91. The summed E-state index contributed by atoms with van der Waals surface area (Å²) < 4.78 is 4.63. The number of hydrogen-bond acceptors (Lipinski definition) is 4. The quantitative estimate of drug-likeness (QED) is 0.310. The number of rotatable bonds is 12. The van der Waals surface area contributed by atoms with Gasteiger partial charge in [-0.15, -0.1) is 0 Å². The summed E-state index contributed by atoms with van der Waals surface area (Å²) in [5, 5.41) is 8.93. The lowest BCUT2D eigenvalue weighted by molar-refractivity contribution is -0.154.